The van der Waals surface area contributed by atoms with Gasteiger partial charge in [-0.05, 0) is 46.0 Å². The Hall–Kier alpha value is -1.99. The van der Waals surface area contributed by atoms with Gasteiger partial charge in [-0.15, -0.1) is 0 Å². The van der Waals surface area contributed by atoms with Gasteiger partial charge in [-0.1, -0.05) is 0 Å². The van der Waals surface area contributed by atoms with E-state index in [1.165, 1.54) is 12.4 Å². The van der Waals surface area contributed by atoms with E-state index in [4.69, 9.17) is 4.74 Å². The molecule has 132 valence electrons. The third-order valence-electron chi connectivity index (χ3n) is 3.84. The summed E-state index contributed by atoms with van der Waals surface area (Å²) in [5.41, 5.74) is 0.776. The van der Waals surface area contributed by atoms with Crippen molar-refractivity contribution in [1.29, 1.82) is 0 Å². The first kappa shape index (κ1) is 18.4. The molecule has 0 bridgehead atoms. The Bertz CT molecular complexity index is 557. The maximum absolute atomic E-state index is 12.2. The number of aromatic nitrogens is 1. The van der Waals surface area contributed by atoms with E-state index in [0.717, 1.165) is 32.4 Å². The predicted octanol–water partition coefficient (Wildman–Crippen LogP) is 0.672. The van der Waals surface area contributed by atoms with Crippen LogP contribution in [0.25, 0.3) is 0 Å². The molecule has 2 N–H and O–H groups in total. The molecule has 2 rings (SSSR count). The number of amides is 2. The number of carbonyl (C=O) groups excluding carboxylic acids is 2. The molecule has 1 atom stereocenters. The van der Waals surface area contributed by atoms with Crippen LogP contribution in [0, 0.1) is 0 Å². The highest BCUT2D eigenvalue weighted by Gasteiger charge is 2.17. The molecule has 24 heavy (non-hydrogen) atoms. The molecule has 0 aliphatic carbocycles. The summed E-state index contributed by atoms with van der Waals surface area (Å²) in [6.07, 6.45) is 5.89. The number of hydrogen-bond acceptors (Lipinski definition) is 5. The molecule has 1 fully saturated rings. The van der Waals surface area contributed by atoms with Gasteiger partial charge in [0.2, 0.25) is 0 Å². The van der Waals surface area contributed by atoms with Crippen molar-refractivity contribution in [3.63, 3.8) is 0 Å². The lowest BCUT2D eigenvalue weighted by Crippen LogP contribution is -2.32. The van der Waals surface area contributed by atoms with Crippen LogP contribution in [0.3, 0.4) is 0 Å². The fourth-order valence-electron chi connectivity index (χ4n) is 2.50. The van der Waals surface area contributed by atoms with Crippen molar-refractivity contribution in [2.45, 2.75) is 25.4 Å². The first-order valence-electron chi connectivity index (χ1n) is 8.34. The third-order valence-corrected chi connectivity index (χ3v) is 3.84. The summed E-state index contributed by atoms with van der Waals surface area (Å²) in [6, 6.07) is 1.57. The molecule has 1 aliphatic rings. The Morgan fingerprint density at radius 1 is 1.25 bits per heavy atom. The number of nitrogens with zero attached hydrogens (tertiary/aromatic N) is 2. The zero-order chi connectivity index (χ0) is 17.4. The van der Waals surface area contributed by atoms with Crippen molar-refractivity contribution in [2.24, 2.45) is 0 Å². The van der Waals surface area contributed by atoms with Crippen LogP contribution in [0.15, 0.2) is 18.5 Å². The van der Waals surface area contributed by atoms with E-state index in [-0.39, 0.29) is 17.9 Å². The highest BCUT2D eigenvalue weighted by molar-refractivity contribution is 5.99. The lowest BCUT2D eigenvalue weighted by Gasteiger charge is -2.11. The molecule has 1 aromatic rings. The number of hydrogen-bond donors (Lipinski definition) is 2. The highest BCUT2D eigenvalue weighted by Crippen LogP contribution is 2.11. The van der Waals surface area contributed by atoms with Crippen molar-refractivity contribution < 1.29 is 14.3 Å². The van der Waals surface area contributed by atoms with Crippen LogP contribution in [0.5, 0.6) is 0 Å². The van der Waals surface area contributed by atoms with Crippen LogP contribution in [-0.4, -0.2) is 68.1 Å². The van der Waals surface area contributed by atoms with Crippen LogP contribution < -0.4 is 10.6 Å². The van der Waals surface area contributed by atoms with Crippen LogP contribution in [0.1, 0.15) is 40.0 Å². The molecule has 1 unspecified atom stereocenters. The SMILES string of the molecule is CN(C)CCCNC(=O)c1cncc(C(=O)NCC2CCCO2)c1. The number of rotatable bonds is 8. The predicted molar refractivity (Wildman–Crippen MR) is 91.0 cm³/mol. The monoisotopic (exact) mass is 334 g/mol. The maximum Gasteiger partial charge on any atom is 0.252 e. The average Bonchev–Trinajstić information content (AvgIpc) is 3.10. The largest absolute Gasteiger partial charge is 0.376 e. The van der Waals surface area contributed by atoms with E-state index in [9.17, 15) is 9.59 Å². The molecule has 0 saturated carbocycles. The van der Waals surface area contributed by atoms with E-state index < -0.39 is 0 Å². The van der Waals surface area contributed by atoms with E-state index in [1.807, 2.05) is 14.1 Å². The number of ether oxygens (including phenoxy) is 1. The standard InChI is InChI=1S/C17H26N4O3/c1-21(2)7-4-6-19-16(22)13-9-14(11-18-10-13)17(23)20-12-15-5-3-8-24-15/h9-11,15H,3-8,12H2,1-2H3,(H,19,22)(H,20,23). The van der Waals surface area contributed by atoms with Crippen LogP contribution in [0.2, 0.25) is 0 Å². The maximum atomic E-state index is 12.2. The minimum Gasteiger partial charge on any atom is -0.376 e. The average molecular weight is 334 g/mol. The molecule has 1 saturated heterocycles. The summed E-state index contributed by atoms with van der Waals surface area (Å²) in [4.78, 5) is 30.3. The second-order valence-electron chi connectivity index (χ2n) is 6.22. The van der Waals surface area contributed by atoms with Gasteiger partial charge in [0.15, 0.2) is 0 Å². The zero-order valence-corrected chi connectivity index (χ0v) is 14.4. The summed E-state index contributed by atoms with van der Waals surface area (Å²) in [5, 5.41) is 5.67. The first-order valence-corrected chi connectivity index (χ1v) is 8.34. The van der Waals surface area contributed by atoms with Gasteiger partial charge in [0.1, 0.15) is 0 Å². The van der Waals surface area contributed by atoms with Gasteiger partial charge < -0.3 is 20.3 Å². The van der Waals surface area contributed by atoms with Crippen LogP contribution in [0.4, 0.5) is 0 Å². The van der Waals surface area contributed by atoms with Crippen molar-refractivity contribution in [2.75, 3.05) is 40.3 Å². The summed E-state index contributed by atoms with van der Waals surface area (Å²) in [6.45, 7) is 2.74. The lowest BCUT2D eigenvalue weighted by atomic mass is 10.1. The minimum atomic E-state index is -0.236. The van der Waals surface area contributed by atoms with Crippen molar-refractivity contribution in [1.82, 2.24) is 20.5 Å². The molecule has 1 aromatic heterocycles. The van der Waals surface area contributed by atoms with E-state index in [2.05, 4.69) is 20.5 Å². The number of carbonyl (C=O) groups is 2. The summed E-state index contributed by atoms with van der Waals surface area (Å²) < 4.78 is 5.47. The molecule has 2 amide bonds. The lowest BCUT2D eigenvalue weighted by molar-refractivity contribution is 0.0857. The molecule has 0 spiro atoms. The van der Waals surface area contributed by atoms with Crippen molar-refractivity contribution >= 4 is 11.8 Å². The molecule has 7 nitrogen and oxygen atoms in total. The fraction of sp³-hybridized carbons (Fsp3) is 0.588. The molecule has 0 radical (unpaired) electrons. The van der Waals surface area contributed by atoms with Gasteiger partial charge >= 0.3 is 0 Å². The second kappa shape index (κ2) is 9.34. The summed E-state index contributed by atoms with van der Waals surface area (Å²) >= 11 is 0. The fourth-order valence-corrected chi connectivity index (χ4v) is 2.50. The Balaban J connectivity index is 1.83. The molecular formula is C17H26N4O3. The second-order valence-corrected chi connectivity index (χ2v) is 6.22. The Labute approximate surface area is 142 Å². The summed E-state index contributed by atoms with van der Waals surface area (Å²) in [7, 11) is 3.98. The van der Waals surface area contributed by atoms with Gasteiger partial charge in [0, 0.05) is 32.1 Å². The van der Waals surface area contributed by atoms with E-state index >= 15 is 0 Å². The molecule has 2 heterocycles. The Morgan fingerprint density at radius 2 is 1.96 bits per heavy atom. The highest BCUT2D eigenvalue weighted by atomic mass is 16.5. The van der Waals surface area contributed by atoms with Crippen LogP contribution >= 0.6 is 0 Å². The van der Waals surface area contributed by atoms with E-state index in [1.54, 1.807) is 6.07 Å². The van der Waals surface area contributed by atoms with Gasteiger partial charge in [0.05, 0.1) is 17.2 Å². The molecule has 1 aliphatic heterocycles. The zero-order valence-electron chi connectivity index (χ0n) is 14.4. The first-order chi connectivity index (χ1) is 11.6. The normalized spacial score (nSPS) is 17.0. The van der Waals surface area contributed by atoms with Crippen molar-refractivity contribution in [3.05, 3.63) is 29.6 Å². The van der Waals surface area contributed by atoms with Gasteiger partial charge in [-0.2, -0.15) is 0 Å². The van der Waals surface area contributed by atoms with Crippen LogP contribution in [-0.2, 0) is 4.74 Å². The quantitative estimate of drug-likeness (QED) is 0.683. The third kappa shape index (κ3) is 5.90. The summed E-state index contributed by atoms with van der Waals surface area (Å²) in [5.74, 6) is -0.449. The number of nitrogens with one attached hydrogen (secondary N) is 2. The smallest absolute Gasteiger partial charge is 0.252 e. The Kier molecular flexibility index (Phi) is 7.14. The van der Waals surface area contributed by atoms with Gasteiger partial charge in [-0.3, -0.25) is 14.6 Å². The molecule has 7 heteroatoms. The number of pyridine rings is 1. The van der Waals surface area contributed by atoms with Crippen molar-refractivity contribution in [3.8, 4) is 0 Å². The molecular weight excluding hydrogens is 308 g/mol. The van der Waals surface area contributed by atoms with E-state index in [0.29, 0.717) is 24.2 Å². The minimum absolute atomic E-state index is 0.0880. The topological polar surface area (TPSA) is 83.6 Å². The molecule has 0 aromatic carbocycles. The van der Waals surface area contributed by atoms with Gasteiger partial charge in [-0.25, -0.2) is 0 Å². The van der Waals surface area contributed by atoms with Gasteiger partial charge in [0.25, 0.3) is 11.8 Å². The Morgan fingerprint density at radius 3 is 2.58 bits per heavy atom.